The molecule has 0 saturated carbocycles. The molecule has 7 heteroatoms. The maximum atomic E-state index is 13.0. The minimum absolute atomic E-state index is 0.0827. The van der Waals surface area contributed by atoms with Crippen molar-refractivity contribution in [3.05, 3.63) is 58.4 Å². The molecule has 1 aromatic carbocycles. The second-order valence-electron chi connectivity index (χ2n) is 6.52. The smallest absolute Gasteiger partial charge is 0.261 e. The van der Waals surface area contributed by atoms with E-state index >= 15 is 0 Å². The Hall–Kier alpha value is -2.80. The number of aryl methyl sites for hydroxylation is 1. The van der Waals surface area contributed by atoms with Gasteiger partial charge in [-0.15, -0.1) is 0 Å². The molecule has 1 unspecified atom stereocenters. The van der Waals surface area contributed by atoms with Crippen molar-refractivity contribution in [3.8, 4) is 0 Å². The fourth-order valence-electron chi connectivity index (χ4n) is 3.60. The molecule has 2 aromatic heterocycles. The lowest BCUT2D eigenvalue weighted by molar-refractivity contribution is 0.270. The zero-order valence-corrected chi connectivity index (χ0v) is 14.7. The Morgan fingerprint density at radius 1 is 1.23 bits per heavy atom. The van der Waals surface area contributed by atoms with E-state index in [1.165, 1.54) is 0 Å². The molecule has 0 aliphatic carbocycles. The first-order chi connectivity index (χ1) is 12.7. The normalized spacial score (nSPS) is 17.2. The molecule has 0 bridgehead atoms. The highest BCUT2D eigenvalue weighted by atomic mass is 16.3. The van der Waals surface area contributed by atoms with Crippen LogP contribution in [0.5, 0.6) is 0 Å². The first kappa shape index (κ1) is 16.7. The van der Waals surface area contributed by atoms with Crippen molar-refractivity contribution < 1.29 is 5.11 Å². The second kappa shape index (κ2) is 6.84. The first-order valence-corrected chi connectivity index (χ1v) is 8.85. The largest absolute Gasteiger partial charge is 0.395 e. The van der Waals surface area contributed by atoms with Crippen molar-refractivity contribution in [1.29, 1.82) is 0 Å². The van der Waals surface area contributed by atoms with Gasteiger partial charge in [0, 0.05) is 18.4 Å². The van der Waals surface area contributed by atoms with E-state index in [1.54, 1.807) is 16.8 Å². The lowest BCUT2D eigenvalue weighted by Crippen LogP contribution is -2.33. The van der Waals surface area contributed by atoms with Gasteiger partial charge in [-0.25, -0.2) is 15.0 Å². The van der Waals surface area contributed by atoms with Gasteiger partial charge in [0.1, 0.15) is 5.82 Å². The molecule has 1 saturated heterocycles. The summed E-state index contributed by atoms with van der Waals surface area (Å²) in [5, 5.41) is 10.0. The molecule has 3 heterocycles. The monoisotopic (exact) mass is 351 g/mol. The van der Waals surface area contributed by atoms with Gasteiger partial charge in [-0.2, -0.15) is 0 Å². The second-order valence-corrected chi connectivity index (χ2v) is 6.52. The molecule has 134 valence electrons. The fraction of sp³-hybridized carbons (Fsp3) is 0.368. The summed E-state index contributed by atoms with van der Waals surface area (Å²) in [4.78, 5) is 28.8. The minimum Gasteiger partial charge on any atom is -0.395 e. The van der Waals surface area contributed by atoms with Gasteiger partial charge in [-0.1, -0.05) is 12.1 Å². The number of fused-ring (bicyclic) bond motifs is 1. The minimum atomic E-state index is -0.114. The Balaban J connectivity index is 1.86. The zero-order valence-electron chi connectivity index (χ0n) is 14.7. The number of hydrogen-bond acceptors (Lipinski definition) is 6. The number of anilines is 1. The van der Waals surface area contributed by atoms with Crippen molar-refractivity contribution in [1.82, 2.24) is 19.5 Å². The molecular formula is C19H21N5O2. The van der Waals surface area contributed by atoms with Gasteiger partial charge in [0.05, 0.1) is 30.1 Å². The van der Waals surface area contributed by atoms with Crippen LogP contribution in [-0.4, -0.2) is 37.8 Å². The van der Waals surface area contributed by atoms with Crippen LogP contribution in [-0.2, 0) is 6.54 Å². The number of aliphatic hydroxyl groups excluding tert-OH is 1. The number of para-hydroxylation sites is 1. The van der Waals surface area contributed by atoms with E-state index < -0.39 is 0 Å². The Morgan fingerprint density at radius 3 is 2.88 bits per heavy atom. The number of hydrogen-bond donors (Lipinski definition) is 1. The van der Waals surface area contributed by atoms with E-state index in [-0.39, 0.29) is 24.8 Å². The quantitative estimate of drug-likeness (QED) is 0.772. The van der Waals surface area contributed by atoms with E-state index in [0.29, 0.717) is 22.7 Å². The van der Waals surface area contributed by atoms with Gasteiger partial charge in [0.2, 0.25) is 5.95 Å². The predicted octanol–water partition coefficient (Wildman–Crippen LogP) is 1.83. The SMILES string of the molecule is Cc1ccnc(N2CCCC2c2nc3ccccc3c(=O)n2CCO)n1. The maximum Gasteiger partial charge on any atom is 0.261 e. The molecule has 0 amide bonds. The van der Waals surface area contributed by atoms with Crippen molar-refractivity contribution in [2.75, 3.05) is 18.1 Å². The van der Waals surface area contributed by atoms with Gasteiger partial charge in [0.25, 0.3) is 5.56 Å². The summed E-state index contributed by atoms with van der Waals surface area (Å²) in [5.74, 6) is 1.33. The van der Waals surface area contributed by atoms with Crippen LogP contribution in [0.1, 0.15) is 30.4 Å². The van der Waals surface area contributed by atoms with Crippen molar-refractivity contribution in [2.45, 2.75) is 32.4 Å². The highest BCUT2D eigenvalue weighted by Gasteiger charge is 2.32. The van der Waals surface area contributed by atoms with E-state index in [2.05, 4.69) is 14.9 Å². The van der Waals surface area contributed by atoms with E-state index in [9.17, 15) is 9.90 Å². The van der Waals surface area contributed by atoms with Gasteiger partial charge >= 0.3 is 0 Å². The first-order valence-electron chi connectivity index (χ1n) is 8.85. The third-order valence-electron chi connectivity index (χ3n) is 4.80. The van der Waals surface area contributed by atoms with Crippen LogP contribution in [0, 0.1) is 6.92 Å². The highest BCUT2D eigenvalue weighted by Crippen LogP contribution is 2.33. The van der Waals surface area contributed by atoms with Crippen LogP contribution in [0.15, 0.2) is 41.3 Å². The zero-order chi connectivity index (χ0) is 18.1. The summed E-state index contributed by atoms with van der Waals surface area (Å²) in [7, 11) is 0. The number of rotatable bonds is 4. The van der Waals surface area contributed by atoms with Crippen LogP contribution in [0.4, 0.5) is 5.95 Å². The lowest BCUT2D eigenvalue weighted by atomic mass is 10.1. The molecule has 1 aliphatic rings. The Labute approximate surface area is 151 Å². The van der Waals surface area contributed by atoms with E-state index in [0.717, 1.165) is 25.1 Å². The van der Waals surface area contributed by atoms with Gasteiger partial charge < -0.3 is 10.0 Å². The molecular weight excluding hydrogens is 330 g/mol. The molecule has 1 N–H and O–H groups in total. The standard InChI is InChI=1S/C19H21N5O2/c1-13-8-9-20-19(21-13)23-10-4-7-16(23)17-22-15-6-3-2-5-14(15)18(26)24(17)11-12-25/h2-3,5-6,8-9,16,25H,4,7,10-12H2,1H3. The average Bonchev–Trinajstić information content (AvgIpc) is 3.14. The molecule has 1 aliphatic heterocycles. The molecule has 26 heavy (non-hydrogen) atoms. The number of nitrogens with zero attached hydrogens (tertiary/aromatic N) is 5. The summed E-state index contributed by atoms with van der Waals surface area (Å²) < 4.78 is 1.60. The average molecular weight is 351 g/mol. The maximum absolute atomic E-state index is 13.0. The summed E-state index contributed by atoms with van der Waals surface area (Å²) >= 11 is 0. The predicted molar refractivity (Wildman–Crippen MR) is 99.2 cm³/mol. The summed E-state index contributed by atoms with van der Waals surface area (Å²) in [6.07, 6.45) is 3.60. The number of benzene rings is 1. The Morgan fingerprint density at radius 2 is 2.08 bits per heavy atom. The third kappa shape index (κ3) is 2.84. The van der Waals surface area contributed by atoms with Crippen LogP contribution >= 0.6 is 0 Å². The van der Waals surface area contributed by atoms with Gasteiger partial charge in [-0.3, -0.25) is 9.36 Å². The highest BCUT2D eigenvalue weighted by molar-refractivity contribution is 5.77. The molecule has 1 atom stereocenters. The van der Waals surface area contributed by atoms with Crippen LogP contribution in [0.2, 0.25) is 0 Å². The molecule has 4 rings (SSSR count). The van der Waals surface area contributed by atoms with Crippen molar-refractivity contribution >= 4 is 16.9 Å². The molecule has 7 nitrogen and oxygen atoms in total. The summed E-state index contributed by atoms with van der Waals surface area (Å²) in [6, 6.07) is 9.12. The summed E-state index contributed by atoms with van der Waals surface area (Å²) in [6.45, 7) is 2.87. The van der Waals surface area contributed by atoms with Crippen molar-refractivity contribution in [3.63, 3.8) is 0 Å². The molecule has 3 aromatic rings. The Bertz CT molecular complexity index is 1000. The molecule has 1 fully saturated rings. The number of aromatic nitrogens is 4. The van der Waals surface area contributed by atoms with E-state index in [1.807, 2.05) is 31.2 Å². The van der Waals surface area contributed by atoms with E-state index in [4.69, 9.17) is 4.98 Å². The van der Waals surface area contributed by atoms with Crippen LogP contribution in [0.25, 0.3) is 10.9 Å². The third-order valence-corrected chi connectivity index (χ3v) is 4.80. The van der Waals surface area contributed by atoms with Crippen molar-refractivity contribution in [2.24, 2.45) is 0 Å². The topological polar surface area (TPSA) is 84.1 Å². The van der Waals surface area contributed by atoms with Gasteiger partial charge in [-0.05, 0) is 38.0 Å². The lowest BCUT2D eigenvalue weighted by Gasteiger charge is -2.26. The fourth-order valence-corrected chi connectivity index (χ4v) is 3.60. The summed E-state index contributed by atoms with van der Waals surface area (Å²) in [5.41, 5.74) is 1.47. The molecule has 0 spiro atoms. The molecule has 0 radical (unpaired) electrons. The van der Waals surface area contributed by atoms with Crippen LogP contribution in [0.3, 0.4) is 0 Å². The Kier molecular flexibility index (Phi) is 4.38. The van der Waals surface area contributed by atoms with Gasteiger partial charge in [0.15, 0.2) is 0 Å². The van der Waals surface area contributed by atoms with Crippen LogP contribution < -0.4 is 10.5 Å². The number of aliphatic hydroxyl groups is 1.